The molecule has 4 aromatic rings. The van der Waals surface area contributed by atoms with Crippen LogP contribution >= 0.6 is 27.5 Å². The number of halogens is 5. The molecule has 0 amide bonds. The third-order valence-corrected chi connectivity index (χ3v) is 7.18. The fraction of sp³-hybridized carbons (Fsp3) is 0.333. The van der Waals surface area contributed by atoms with E-state index in [0.29, 0.717) is 21.6 Å². The molecule has 200 valence electrons. The molecule has 0 spiro atoms. The molecule has 2 aromatic carbocycles. The predicted octanol–water partition coefficient (Wildman–Crippen LogP) is 4.75. The number of nitrogens with zero attached hydrogens (tertiary/aromatic N) is 6. The minimum atomic E-state index is -2.80. The summed E-state index contributed by atoms with van der Waals surface area (Å²) in [6, 6.07) is 7.71. The second kappa shape index (κ2) is 10.7. The van der Waals surface area contributed by atoms with Crippen LogP contribution in [-0.4, -0.2) is 58.8 Å². The second-order valence-electron chi connectivity index (χ2n) is 8.78. The van der Waals surface area contributed by atoms with E-state index in [1.807, 2.05) is 0 Å². The van der Waals surface area contributed by atoms with E-state index in [1.54, 1.807) is 25.3 Å². The molecule has 1 saturated heterocycles. The third-order valence-electron chi connectivity index (χ3n) is 6.30. The molecule has 9 nitrogen and oxygen atoms in total. The van der Waals surface area contributed by atoms with Crippen LogP contribution in [0.15, 0.2) is 47.1 Å². The van der Waals surface area contributed by atoms with E-state index in [-0.39, 0.29) is 28.5 Å². The van der Waals surface area contributed by atoms with Crippen molar-refractivity contribution in [3.05, 3.63) is 75.1 Å². The molecule has 1 fully saturated rings. The van der Waals surface area contributed by atoms with Crippen LogP contribution in [0, 0.1) is 12.7 Å². The Bertz CT molecular complexity index is 1470. The summed E-state index contributed by atoms with van der Waals surface area (Å²) in [6.07, 6.45) is -4.26. The van der Waals surface area contributed by atoms with Gasteiger partial charge >= 0.3 is 0 Å². The zero-order chi connectivity index (χ0) is 27.1. The molecule has 0 bridgehead atoms. The fourth-order valence-electron chi connectivity index (χ4n) is 4.46. The van der Waals surface area contributed by atoms with Crippen molar-refractivity contribution in [2.24, 2.45) is 0 Å². The van der Waals surface area contributed by atoms with Gasteiger partial charge in [0.2, 0.25) is 0 Å². The molecule has 1 aliphatic rings. The Morgan fingerprint density at radius 2 is 2.03 bits per heavy atom. The number of aliphatic hydroxyl groups is 2. The summed E-state index contributed by atoms with van der Waals surface area (Å²) in [5, 5.41) is 33.7. The Hall–Kier alpha value is -2.84. The largest absolute Gasteiger partial charge is 0.394 e. The molecule has 14 heteroatoms. The SMILES string of the molecule is Cc1nc(C2CC(n3cc(-c4ccc(Br)c(F)c4)nn3)C(O)C(CO)O2)n(-c2cc(Cl)ccc2C(F)F)n1. The first kappa shape index (κ1) is 26.8. The molecule has 3 heterocycles. The Morgan fingerprint density at radius 1 is 1.24 bits per heavy atom. The lowest BCUT2D eigenvalue weighted by molar-refractivity contribution is -0.161. The highest BCUT2D eigenvalue weighted by Gasteiger charge is 2.42. The van der Waals surface area contributed by atoms with Crippen LogP contribution in [-0.2, 0) is 4.74 Å². The summed E-state index contributed by atoms with van der Waals surface area (Å²) in [4.78, 5) is 4.42. The maximum atomic E-state index is 14.1. The normalized spacial score (nSPS) is 21.8. The van der Waals surface area contributed by atoms with Crippen LogP contribution in [0.3, 0.4) is 0 Å². The van der Waals surface area contributed by atoms with Gasteiger partial charge in [-0.25, -0.2) is 27.5 Å². The lowest BCUT2D eigenvalue weighted by Crippen LogP contribution is -2.45. The van der Waals surface area contributed by atoms with E-state index in [2.05, 4.69) is 36.3 Å². The number of hydrogen-bond acceptors (Lipinski definition) is 7. The van der Waals surface area contributed by atoms with E-state index in [9.17, 15) is 23.4 Å². The zero-order valence-corrected chi connectivity index (χ0v) is 22.1. The molecule has 0 saturated carbocycles. The van der Waals surface area contributed by atoms with Crippen molar-refractivity contribution in [3.8, 4) is 16.9 Å². The van der Waals surface area contributed by atoms with Crippen LogP contribution in [0.2, 0.25) is 5.02 Å². The molecule has 0 aliphatic carbocycles. The highest BCUT2D eigenvalue weighted by Crippen LogP contribution is 2.39. The van der Waals surface area contributed by atoms with Gasteiger partial charge in [-0.2, -0.15) is 5.10 Å². The van der Waals surface area contributed by atoms with Gasteiger partial charge in [0.05, 0.1) is 29.0 Å². The molecule has 5 rings (SSSR count). The van der Waals surface area contributed by atoms with Crippen LogP contribution in [0.5, 0.6) is 0 Å². The minimum absolute atomic E-state index is 0.0372. The van der Waals surface area contributed by atoms with Gasteiger partial charge in [-0.15, -0.1) is 5.10 Å². The number of benzene rings is 2. The Labute approximate surface area is 228 Å². The van der Waals surface area contributed by atoms with E-state index >= 15 is 0 Å². The second-order valence-corrected chi connectivity index (χ2v) is 10.1. The average Bonchev–Trinajstić information content (AvgIpc) is 3.53. The van der Waals surface area contributed by atoms with Crippen LogP contribution in [0.1, 0.15) is 42.2 Å². The Morgan fingerprint density at radius 3 is 2.74 bits per heavy atom. The third kappa shape index (κ3) is 5.08. The van der Waals surface area contributed by atoms with Crippen molar-refractivity contribution in [2.45, 2.75) is 44.1 Å². The van der Waals surface area contributed by atoms with E-state index in [4.69, 9.17) is 16.3 Å². The van der Waals surface area contributed by atoms with Gasteiger partial charge < -0.3 is 14.9 Å². The topological polar surface area (TPSA) is 111 Å². The number of aryl methyl sites for hydroxylation is 1. The van der Waals surface area contributed by atoms with Crippen LogP contribution in [0.25, 0.3) is 16.9 Å². The first-order valence-electron chi connectivity index (χ1n) is 11.5. The average molecular weight is 614 g/mol. The van der Waals surface area contributed by atoms with Gasteiger partial charge in [0.25, 0.3) is 6.43 Å². The van der Waals surface area contributed by atoms with E-state index < -0.39 is 43.2 Å². The summed E-state index contributed by atoms with van der Waals surface area (Å²) in [5.74, 6) is 0.0205. The summed E-state index contributed by atoms with van der Waals surface area (Å²) in [7, 11) is 0. The van der Waals surface area contributed by atoms with Crippen molar-refractivity contribution in [1.29, 1.82) is 0 Å². The van der Waals surface area contributed by atoms with E-state index in [0.717, 1.165) is 0 Å². The molecule has 2 N–H and O–H groups in total. The van der Waals surface area contributed by atoms with Crippen molar-refractivity contribution in [3.63, 3.8) is 0 Å². The number of rotatable bonds is 6. The molecule has 2 aromatic heterocycles. The highest BCUT2D eigenvalue weighted by atomic mass is 79.9. The molecule has 38 heavy (non-hydrogen) atoms. The smallest absolute Gasteiger partial charge is 0.265 e. The maximum Gasteiger partial charge on any atom is 0.265 e. The Balaban J connectivity index is 1.52. The van der Waals surface area contributed by atoms with Crippen molar-refractivity contribution >= 4 is 27.5 Å². The highest BCUT2D eigenvalue weighted by molar-refractivity contribution is 9.10. The number of ether oxygens (including phenoxy) is 1. The quantitative estimate of drug-likeness (QED) is 0.323. The lowest BCUT2D eigenvalue weighted by Gasteiger charge is -2.38. The standard InChI is InChI=1S/C24H21BrClF3N6O3/c1-11-30-24(35(32-11)18-7-13(26)3-4-14(18)23(28)29)20-8-19(22(37)21(10-36)38-20)34-9-17(31-33-34)12-2-5-15(25)16(27)6-12/h2-7,9,19-23,36-37H,8,10H2,1H3. The molecule has 1 aliphatic heterocycles. The molecule has 4 unspecified atom stereocenters. The monoisotopic (exact) mass is 612 g/mol. The van der Waals surface area contributed by atoms with E-state index in [1.165, 1.54) is 33.6 Å². The number of aliphatic hydroxyl groups excluding tert-OH is 2. The predicted molar refractivity (Wildman–Crippen MR) is 134 cm³/mol. The summed E-state index contributed by atoms with van der Waals surface area (Å²) >= 11 is 9.22. The summed E-state index contributed by atoms with van der Waals surface area (Å²) in [6.45, 7) is 1.08. The minimum Gasteiger partial charge on any atom is -0.394 e. The molecule has 0 radical (unpaired) electrons. The van der Waals surface area contributed by atoms with Crippen molar-refractivity contribution < 1.29 is 28.1 Å². The summed E-state index contributed by atoms with van der Waals surface area (Å²) in [5.41, 5.74) is 0.584. The first-order chi connectivity index (χ1) is 18.2. The first-order valence-corrected chi connectivity index (χ1v) is 12.7. The fourth-order valence-corrected chi connectivity index (χ4v) is 4.88. The summed E-state index contributed by atoms with van der Waals surface area (Å²) < 4.78 is 50.6. The van der Waals surface area contributed by atoms with Crippen LogP contribution < -0.4 is 0 Å². The van der Waals surface area contributed by atoms with Crippen molar-refractivity contribution in [2.75, 3.05) is 6.61 Å². The van der Waals surface area contributed by atoms with Gasteiger partial charge in [-0.05, 0) is 53.2 Å². The lowest BCUT2D eigenvalue weighted by atomic mass is 9.95. The maximum absolute atomic E-state index is 14.1. The molecule has 4 atom stereocenters. The number of aromatic nitrogens is 6. The molecular formula is C24H21BrClF3N6O3. The van der Waals surface area contributed by atoms with Crippen molar-refractivity contribution in [1.82, 2.24) is 29.8 Å². The zero-order valence-electron chi connectivity index (χ0n) is 19.7. The van der Waals surface area contributed by atoms with Crippen LogP contribution in [0.4, 0.5) is 13.2 Å². The van der Waals surface area contributed by atoms with Gasteiger partial charge in [-0.1, -0.05) is 22.9 Å². The number of alkyl halides is 2. The van der Waals surface area contributed by atoms with Gasteiger partial charge in [-0.3, -0.25) is 0 Å². The number of hydrogen-bond donors (Lipinski definition) is 2. The Kier molecular flexibility index (Phi) is 7.56. The van der Waals surface area contributed by atoms with Gasteiger partial charge in [0.15, 0.2) is 5.82 Å². The van der Waals surface area contributed by atoms with Gasteiger partial charge in [0, 0.05) is 22.6 Å². The van der Waals surface area contributed by atoms with Gasteiger partial charge in [0.1, 0.15) is 35.6 Å². The molecular weight excluding hydrogens is 593 g/mol.